The Kier molecular flexibility index (Phi) is 6.36. The van der Waals surface area contributed by atoms with Gasteiger partial charge >= 0.3 is 0 Å². The molecule has 4 heterocycles. The SMILES string of the molecule is CC[C@@H]1CCCN(C(=O)c2cc(OC)c3c(c2)nc(-c2cc4cc(C)cc(-c5cn[nH]c5)c4n2CC2CC2)n3C)C1. The molecular weight excluding hydrogens is 512 g/mol. The van der Waals surface area contributed by atoms with Crippen LogP contribution in [0.2, 0.25) is 0 Å². The molecule has 1 amide bonds. The van der Waals surface area contributed by atoms with Gasteiger partial charge in [-0.1, -0.05) is 13.3 Å². The zero-order valence-corrected chi connectivity index (χ0v) is 24.4. The van der Waals surface area contributed by atoms with Crippen LogP contribution < -0.4 is 4.74 Å². The molecule has 2 aromatic carbocycles. The van der Waals surface area contributed by atoms with Crippen LogP contribution in [-0.2, 0) is 13.6 Å². The van der Waals surface area contributed by atoms with E-state index in [-0.39, 0.29) is 5.91 Å². The Balaban J connectivity index is 1.38. The van der Waals surface area contributed by atoms with Gasteiger partial charge in [0.05, 0.1) is 30.0 Å². The Hall–Kier alpha value is -4.07. The summed E-state index contributed by atoms with van der Waals surface area (Å²) >= 11 is 0. The van der Waals surface area contributed by atoms with Crippen LogP contribution in [0.25, 0.3) is 44.6 Å². The van der Waals surface area contributed by atoms with Gasteiger partial charge in [0.1, 0.15) is 11.3 Å². The first kappa shape index (κ1) is 25.9. The Morgan fingerprint density at radius 2 is 1.95 bits per heavy atom. The number of piperidine rings is 1. The van der Waals surface area contributed by atoms with Gasteiger partial charge in [-0.15, -0.1) is 0 Å². The molecule has 0 unspecified atom stereocenters. The van der Waals surface area contributed by atoms with Gasteiger partial charge in [-0.25, -0.2) is 4.98 Å². The molecule has 1 saturated carbocycles. The van der Waals surface area contributed by atoms with Crippen molar-refractivity contribution in [1.82, 2.24) is 29.2 Å². The molecule has 41 heavy (non-hydrogen) atoms. The normalized spacial score (nSPS) is 17.6. The van der Waals surface area contributed by atoms with Crippen molar-refractivity contribution in [2.75, 3.05) is 20.2 Å². The van der Waals surface area contributed by atoms with E-state index in [1.165, 1.54) is 41.3 Å². The molecule has 2 aliphatic rings. The number of carbonyl (C=O) groups is 1. The second-order valence-corrected chi connectivity index (χ2v) is 12.0. The van der Waals surface area contributed by atoms with Gasteiger partial charge in [0, 0.05) is 55.0 Å². The maximum atomic E-state index is 13.6. The molecule has 0 spiro atoms. The van der Waals surface area contributed by atoms with Crippen molar-refractivity contribution < 1.29 is 9.53 Å². The van der Waals surface area contributed by atoms with E-state index in [0.29, 0.717) is 23.1 Å². The van der Waals surface area contributed by atoms with Crippen molar-refractivity contribution in [2.24, 2.45) is 18.9 Å². The zero-order chi connectivity index (χ0) is 28.2. The summed E-state index contributed by atoms with van der Waals surface area (Å²) < 4.78 is 10.5. The third-order valence-electron chi connectivity index (χ3n) is 9.10. The quantitative estimate of drug-likeness (QED) is 0.248. The summed E-state index contributed by atoms with van der Waals surface area (Å²) in [6.07, 6.45) is 9.72. The topological polar surface area (TPSA) is 81.0 Å². The predicted molar refractivity (Wildman–Crippen MR) is 162 cm³/mol. The number of ether oxygens (including phenoxy) is 1. The number of carbonyl (C=O) groups excluding carboxylic acids is 1. The van der Waals surface area contributed by atoms with E-state index in [0.717, 1.165) is 60.6 Å². The fourth-order valence-electron chi connectivity index (χ4n) is 6.70. The van der Waals surface area contributed by atoms with Crippen LogP contribution in [0.4, 0.5) is 0 Å². The van der Waals surface area contributed by atoms with Crippen LogP contribution in [0, 0.1) is 18.8 Å². The van der Waals surface area contributed by atoms with Crippen LogP contribution in [0.15, 0.2) is 42.7 Å². The van der Waals surface area contributed by atoms with E-state index in [4.69, 9.17) is 9.72 Å². The maximum Gasteiger partial charge on any atom is 0.254 e. The van der Waals surface area contributed by atoms with Gasteiger partial charge in [-0.2, -0.15) is 5.10 Å². The van der Waals surface area contributed by atoms with E-state index in [1.807, 2.05) is 36.5 Å². The van der Waals surface area contributed by atoms with E-state index in [1.54, 1.807) is 7.11 Å². The van der Waals surface area contributed by atoms with Gasteiger partial charge in [-0.3, -0.25) is 9.89 Å². The third kappa shape index (κ3) is 4.49. The number of aryl methyl sites for hydroxylation is 2. The summed E-state index contributed by atoms with van der Waals surface area (Å²) in [5, 5.41) is 8.42. The third-order valence-corrected chi connectivity index (χ3v) is 9.10. The fourth-order valence-corrected chi connectivity index (χ4v) is 6.70. The number of imidazole rings is 1. The van der Waals surface area contributed by atoms with Crippen LogP contribution in [-0.4, -0.2) is 55.3 Å². The first-order valence-corrected chi connectivity index (χ1v) is 14.9. The summed E-state index contributed by atoms with van der Waals surface area (Å²) in [5.41, 5.74) is 8.09. The average Bonchev–Trinajstić information content (AvgIpc) is 3.35. The molecule has 3 aromatic heterocycles. The number of hydrogen-bond acceptors (Lipinski definition) is 4. The van der Waals surface area contributed by atoms with Crippen LogP contribution >= 0.6 is 0 Å². The molecule has 0 radical (unpaired) electrons. The lowest BCUT2D eigenvalue weighted by atomic mass is 9.95. The Labute approximate surface area is 240 Å². The lowest BCUT2D eigenvalue weighted by molar-refractivity contribution is 0.0671. The average molecular weight is 551 g/mol. The summed E-state index contributed by atoms with van der Waals surface area (Å²) in [6.45, 7) is 6.94. The second-order valence-electron chi connectivity index (χ2n) is 12.0. The Bertz CT molecular complexity index is 1760. The standard InChI is InChI=1S/C33H38N6O2/c1-5-21-7-6-10-38(18-21)33(40)24-13-27-31(29(15-24)41-4)37(3)32(36-27)28-14-23-11-20(2)12-26(25-16-34-35-17-25)30(23)39(28)19-22-8-9-22/h11-17,21-22H,5-10,18-19H2,1-4H3,(H,34,35)/t21-/m1/s1. The van der Waals surface area contributed by atoms with E-state index < -0.39 is 0 Å². The van der Waals surface area contributed by atoms with Crippen molar-refractivity contribution in [3.63, 3.8) is 0 Å². The zero-order valence-electron chi connectivity index (χ0n) is 24.4. The largest absolute Gasteiger partial charge is 0.494 e. The Morgan fingerprint density at radius 1 is 1.10 bits per heavy atom. The molecule has 1 saturated heterocycles. The first-order chi connectivity index (χ1) is 19.9. The number of benzene rings is 2. The maximum absolute atomic E-state index is 13.6. The molecular formula is C33H38N6O2. The van der Waals surface area contributed by atoms with E-state index in [9.17, 15) is 4.79 Å². The van der Waals surface area contributed by atoms with E-state index in [2.05, 4.69) is 51.4 Å². The second kappa shape index (κ2) is 10.1. The predicted octanol–water partition coefficient (Wildman–Crippen LogP) is 6.57. The molecule has 212 valence electrons. The van der Waals surface area contributed by atoms with Crippen molar-refractivity contribution in [3.8, 4) is 28.4 Å². The summed E-state index contributed by atoms with van der Waals surface area (Å²) in [4.78, 5) is 20.8. The molecule has 1 atom stereocenters. The van der Waals surface area contributed by atoms with Gasteiger partial charge < -0.3 is 18.8 Å². The minimum atomic E-state index is 0.0682. The molecule has 1 aliphatic heterocycles. The molecule has 5 aromatic rings. The number of hydrogen-bond donors (Lipinski definition) is 1. The lowest BCUT2D eigenvalue weighted by Gasteiger charge is -2.32. The number of fused-ring (bicyclic) bond motifs is 2. The lowest BCUT2D eigenvalue weighted by Crippen LogP contribution is -2.39. The molecule has 8 heteroatoms. The van der Waals surface area contributed by atoms with Crippen molar-refractivity contribution in [2.45, 2.75) is 52.5 Å². The number of nitrogens with one attached hydrogen (secondary N) is 1. The van der Waals surface area contributed by atoms with Gasteiger partial charge in [-0.05, 0) is 80.3 Å². The molecule has 0 bridgehead atoms. The van der Waals surface area contributed by atoms with Crippen LogP contribution in [0.3, 0.4) is 0 Å². The van der Waals surface area contributed by atoms with Crippen molar-refractivity contribution in [3.05, 3.63) is 53.9 Å². The van der Waals surface area contributed by atoms with Gasteiger partial charge in [0.15, 0.2) is 5.82 Å². The number of H-pyrrole nitrogens is 1. The molecule has 8 nitrogen and oxygen atoms in total. The van der Waals surface area contributed by atoms with Crippen LogP contribution in [0.5, 0.6) is 5.75 Å². The van der Waals surface area contributed by atoms with Crippen molar-refractivity contribution >= 4 is 27.8 Å². The van der Waals surface area contributed by atoms with Crippen molar-refractivity contribution in [1.29, 1.82) is 0 Å². The highest BCUT2D eigenvalue weighted by Crippen LogP contribution is 2.41. The highest BCUT2D eigenvalue weighted by Gasteiger charge is 2.29. The number of amides is 1. The first-order valence-electron chi connectivity index (χ1n) is 14.9. The minimum absolute atomic E-state index is 0.0682. The van der Waals surface area contributed by atoms with Gasteiger partial charge in [0.25, 0.3) is 5.91 Å². The molecule has 2 fully saturated rings. The summed E-state index contributed by atoms with van der Waals surface area (Å²) in [6, 6.07) is 10.6. The highest BCUT2D eigenvalue weighted by molar-refractivity contribution is 6.01. The fraction of sp³-hybridized carbons (Fsp3) is 0.424. The van der Waals surface area contributed by atoms with E-state index >= 15 is 0 Å². The number of rotatable bonds is 7. The Morgan fingerprint density at radius 3 is 2.68 bits per heavy atom. The minimum Gasteiger partial charge on any atom is -0.494 e. The number of nitrogens with zero attached hydrogens (tertiary/aromatic N) is 5. The number of methoxy groups -OCH3 is 1. The summed E-state index contributed by atoms with van der Waals surface area (Å²) in [5.74, 6) is 2.87. The number of aromatic nitrogens is 5. The highest BCUT2D eigenvalue weighted by atomic mass is 16.5. The summed E-state index contributed by atoms with van der Waals surface area (Å²) in [7, 11) is 3.72. The van der Waals surface area contributed by atoms with Crippen LogP contribution in [0.1, 0.15) is 54.9 Å². The molecule has 1 N–H and O–H groups in total. The smallest absolute Gasteiger partial charge is 0.254 e. The molecule has 7 rings (SSSR count). The molecule has 1 aliphatic carbocycles. The van der Waals surface area contributed by atoms with Gasteiger partial charge in [0.2, 0.25) is 0 Å². The number of aromatic amines is 1. The monoisotopic (exact) mass is 550 g/mol. The number of likely N-dealkylation sites (tertiary alicyclic amines) is 1.